The fourth-order valence-electron chi connectivity index (χ4n) is 0.268. The Balaban J connectivity index is 0. The van der Waals surface area contributed by atoms with Gasteiger partial charge in [-0.3, -0.25) is 0 Å². The van der Waals surface area contributed by atoms with Gasteiger partial charge >= 0.3 is 8.60 Å². The van der Waals surface area contributed by atoms with E-state index < -0.39 is 15.9 Å². The van der Waals surface area contributed by atoms with Crippen LogP contribution in [0.25, 0.3) is 0 Å². The summed E-state index contributed by atoms with van der Waals surface area (Å²) in [5, 5.41) is 34.2. The second-order valence-corrected chi connectivity index (χ2v) is 6.53. The molecule has 7 nitrogen and oxygen atoms in total. The van der Waals surface area contributed by atoms with Crippen molar-refractivity contribution in [2.24, 2.45) is 0 Å². The summed E-state index contributed by atoms with van der Waals surface area (Å²) in [6, 6.07) is 0. The summed E-state index contributed by atoms with van der Waals surface area (Å²) < 4.78 is 0. The maximum absolute atomic E-state index is 8.55. The predicted molar refractivity (Wildman–Crippen MR) is 48.8 cm³/mol. The molecule has 0 radical (unpaired) electrons. The van der Waals surface area contributed by atoms with Crippen LogP contribution >= 0.6 is 15.9 Å². The van der Waals surface area contributed by atoms with Crippen molar-refractivity contribution in [3.63, 3.8) is 0 Å². The van der Waals surface area contributed by atoms with E-state index in [1.807, 2.05) is 0 Å². The molecule has 0 aromatic carbocycles. The van der Waals surface area contributed by atoms with Crippen LogP contribution in [0.5, 0.6) is 0 Å². The summed E-state index contributed by atoms with van der Waals surface area (Å²) in [4.78, 5) is 21.7. The predicted octanol–water partition coefficient (Wildman–Crippen LogP) is -2.01. The number of hydrogen-bond acceptors (Lipinski definition) is 7. The van der Waals surface area contributed by atoms with Crippen LogP contribution in [0.4, 0.5) is 0 Å². The summed E-state index contributed by atoms with van der Waals surface area (Å²) >= 11 is 0. The average molecular weight is 237 g/mol. The minimum absolute atomic E-state index is 0.295. The van der Waals surface area contributed by atoms with Crippen molar-refractivity contribution in [2.45, 2.75) is 0 Å². The first-order valence-electron chi connectivity index (χ1n) is 3.13. The van der Waals surface area contributed by atoms with Crippen LogP contribution in [0, 0.1) is 0 Å². The molecule has 0 spiro atoms. The molecule has 0 saturated carbocycles. The maximum atomic E-state index is 8.55. The lowest BCUT2D eigenvalue weighted by atomic mass is 11.6. The minimum Gasteiger partial charge on any atom is -0.361 e. The van der Waals surface area contributed by atoms with Gasteiger partial charge in [0.05, 0.1) is 0 Å². The molecular weight excluding hydrogens is 222 g/mol. The Bertz CT molecular complexity index is 86.4. The molecule has 0 saturated heterocycles. The van der Waals surface area contributed by atoms with Crippen molar-refractivity contribution in [2.75, 3.05) is 25.4 Å². The molecule has 0 amide bonds. The molecule has 0 rings (SSSR count). The van der Waals surface area contributed by atoms with Crippen molar-refractivity contribution in [1.82, 2.24) is 0 Å². The molecule has 9 heteroatoms. The number of hydrogen-bond donors (Lipinski definition) is 7. The highest BCUT2D eigenvalue weighted by Crippen LogP contribution is 2.54. The summed E-state index contributed by atoms with van der Waals surface area (Å²) in [6.45, 7) is 0. The Hall–Kier alpha value is 0.580. The molecule has 7 N–H and O–H groups in total. The lowest BCUT2D eigenvalue weighted by Crippen LogP contribution is -2.10. The Morgan fingerprint density at radius 1 is 0.692 bits per heavy atom. The molecule has 0 aromatic heterocycles. The molecular formula is C4H15O7P2+. The van der Waals surface area contributed by atoms with Crippen LogP contribution in [-0.4, -0.2) is 60.5 Å². The van der Waals surface area contributed by atoms with Crippen molar-refractivity contribution in [3.8, 4) is 0 Å². The standard InChI is InChI=1S/C4H12O4P.H3O3P/c5-1-9(2-6,3-7)4-8;1-4(2)3/h5-8H,1-4H2;1-3H/q+1;. The number of rotatable bonds is 4. The molecule has 13 heavy (non-hydrogen) atoms. The molecule has 0 heterocycles. The second kappa shape index (κ2) is 9.15. The summed E-state index contributed by atoms with van der Waals surface area (Å²) in [6.07, 6.45) is -1.18. The van der Waals surface area contributed by atoms with Gasteiger partial charge in [0.1, 0.15) is 7.26 Å². The van der Waals surface area contributed by atoms with Gasteiger partial charge in [0.2, 0.25) is 0 Å². The Labute approximate surface area is 77.2 Å². The minimum atomic E-state index is -2.62. The summed E-state index contributed by atoms with van der Waals surface area (Å²) in [5.74, 6) is 0. The third-order valence-corrected chi connectivity index (χ3v) is 3.60. The van der Waals surface area contributed by atoms with Gasteiger partial charge < -0.3 is 35.1 Å². The molecule has 0 bridgehead atoms. The van der Waals surface area contributed by atoms with Gasteiger partial charge in [-0.1, -0.05) is 0 Å². The first-order chi connectivity index (χ1) is 5.97. The van der Waals surface area contributed by atoms with Crippen molar-refractivity contribution < 1.29 is 35.1 Å². The van der Waals surface area contributed by atoms with Crippen molar-refractivity contribution in [3.05, 3.63) is 0 Å². The SMILES string of the molecule is OC[P+](CO)(CO)CO.OP(O)O. The topological polar surface area (TPSA) is 142 Å². The molecule has 0 fully saturated rings. The van der Waals surface area contributed by atoms with Crippen LogP contribution in [0.15, 0.2) is 0 Å². The highest BCUT2D eigenvalue weighted by molar-refractivity contribution is 7.75. The van der Waals surface area contributed by atoms with Crippen molar-refractivity contribution in [1.29, 1.82) is 0 Å². The van der Waals surface area contributed by atoms with Gasteiger partial charge in [-0.2, -0.15) is 0 Å². The van der Waals surface area contributed by atoms with E-state index in [-0.39, 0.29) is 25.4 Å². The number of aliphatic hydroxyl groups excluding tert-OH is 4. The molecule has 0 aliphatic carbocycles. The molecule has 0 aliphatic heterocycles. The fourth-order valence-corrected chi connectivity index (χ4v) is 0.805. The average Bonchev–Trinajstić information content (AvgIpc) is 2.09. The first-order valence-corrected chi connectivity index (χ1v) is 6.86. The molecule has 82 valence electrons. The normalized spacial score (nSPS) is 11.1. The van der Waals surface area contributed by atoms with Gasteiger partial charge in [-0.05, 0) is 0 Å². The molecule has 0 atom stereocenters. The zero-order valence-corrected chi connectivity index (χ0v) is 8.64. The van der Waals surface area contributed by atoms with Crippen LogP contribution < -0.4 is 0 Å². The fraction of sp³-hybridized carbons (Fsp3) is 1.00. The summed E-state index contributed by atoms with van der Waals surface area (Å²) in [5.41, 5.74) is 0. The largest absolute Gasteiger partial charge is 0.361 e. The number of aliphatic hydroxyl groups is 4. The monoisotopic (exact) mass is 237 g/mol. The Kier molecular flexibility index (Phi) is 11.3. The molecule has 0 aliphatic rings. The lowest BCUT2D eigenvalue weighted by Gasteiger charge is -2.15. The van der Waals surface area contributed by atoms with Crippen LogP contribution in [0.3, 0.4) is 0 Å². The van der Waals surface area contributed by atoms with E-state index in [0.717, 1.165) is 0 Å². The lowest BCUT2D eigenvalue weighted by molar-refractivity contribution is 0.288. The summed E-state index contributed by atoms with van der Waals surface area (Å²) in [7, 11) is -4.82. The highest BCUT2D eigenvalue weighted by atomic mass is 31.2. The highest BCUT2D eigenvalue weighted by Gasteiger charge is 2.34. The Morgan fingerprint density at radius 3 is 0.846 bits per heavy atom. The van der Waals surface area contributed by atoms with Gasteiger partial charge in [-0.15, -0.1) is 0 Å². The van der Waals surface area contributed by atoms with Crippen molar-refractivity contribution >= 4 is 15.9 Å². The van der Waals surface area contributed by atoms with Crippen LogP contribution in [-0.2, 0) is 0 Å². The molecule has 0 aromatic rings. The van der Waals surface area contributed by atoms with E-state index in [9.17, 15) is 0 Å². The van der Waals surface area contributed by atoms with Crippen LogP contribution in [0.1, 0.15) is 0 Å². The molecule has 0 unspecified atom stereocenters. The zero-order valence-electron chi connectivity index (χ0n) is 6.85. The zero-order chi connectivity index (χ0) is 10.9. The Morgan fingerprint density at radius 2 is 0.846 bits per heavy atom. The van der Waals surface area contributed by atoms with Crippen LogP contribution in [0.2, 0.25) is 0 Å². The van der Waals surface area contributed by atoms with E-state index in [1.54, 1.807) is 0 Å². The van der Waals surface area contributed by atoms with Gasteiger partial charge in [-0.25, -0.2) is 0 Å². The van der Waals surface area contributed by atoms with E-state index in [0.29, 0.717) is 0 Å². The van der Waals surface area contributed by atoms with E-state index in [1.165, 1.54) is 0 Å². The van der Waals surface area contributed by atoms with E-state index >= 15 is 0 Å². The van der Waals surface area contributed by atoms with E-state index in [4.69, 9.17) is 35.1 Å². The smallest absolute Gasteiger partial charge is 0.324 e. The van der Waals surface area contributed by atoms with E-state index in [2.05, 4.69) is 0 Å². The van der Waals surface area contributed by atoms with Gasteiger partial charge in [0.15, 0.2) is 25.4 Å². The third kappa shape index (κ3) is 8.90. The maximum Gasteiger partial charge on any atom is 0.324 e. The van der Waals surface area contributed by atoms with Gasteiger partial charge in [0.25, 0.3) is 0 Å². The quantitative estimate of drug-likeness (QED) is 0.280. The van der Waals surface area contributed by atoms with Gasteiger partial charge in [0, 0.05) is 0 Å². The first kappa shape index (κ1) is 16.0. The third-order valence-electron chi connectivity index (χ3n) is 1.20. The second-order valence-electron chi connectivity index (χ2n) is 2.18.